The van der Waals surface area contributed by atoms with Gasteiger partial charge in [0.1, 0.15) is 4.90 Å². The normalized spacial score (nSPS) is 15.5. The van der Waals surface area contributed by atoms with Crippen molar-refractivity contribution in [2.24, 2.45) is 10.2 Å². The highest BCUT2D eigenvalue weighted by atomic mass is 32.2. The summed E-state index contributed by atoms with van der Waals surface area (Å²) in [5, 5.41) is 24.6. The monoisotopic (exact) mass is 419 g/mol. The van der Waals surface area contributed by atoms with Gasteiger partial charge in [-0.1, -0.05) is 6.08 Å². The van der Waals surface area contributed by atoms with Crippen molar-refractivity contribution >= 4 is 21.3 Å². The lowest BCUT2D eigenvalue weighted by Gasteiger charge is -2.30. The Morgan fingerprint density at radius 3 is 2.45 bits per heavy atom. The Kier molecular flexibility index (Phi) is 5.33. The first kappa shape index (κ1) is 20.4. The number of methoxy groups -OCH3 is 2. The number of H-pyrrole nitrogens is 1. The molecule has 1 aliphatic rings. The molecule has 0 saturated heterocycles. The van der Waals surface area contributed by atoms with Gasteiger partial charge in [0.15, 0.2) is 17.3 Å². The number of sulfone groups is 1. The van der Waals surface area contributed by atoms with E-state index in [1.54, 1.807) is 13.8 Å². The number of aromatic nitrogens is 2. The number of aliphatic hydroxyl groups is 1. The molecule has 0 radical (unpaired) electrons. The third-order valence-electron chi connectivity index (χ3n) is 4.52. The van der Waals surface area contributed by atoms with E-state index in [2.05, 4.69) is 27.0 Å². The fourth-order valence-electron chi connectivity index (χ4n) is 2.80. The van der Waals surface area contributed by atoms with Crippen LogP contribution in [0.5, 0.6) is 11.5 Å². The predicted octanol–water partition coefficient (Wildman–Crippen LogP) is 3.29. The van der Waals surface area contributed by atoms with Gasteiger partial charge in [-0.15, -0.1) is 16.8 Å². The summed E-state index contributed by atoms with van der Waals surface area (Å²) in [4.78, 5) is 1.25. The standard InChI is InChI=1S/C18H21N5O5S/c1-6-7-23-12-8-13(27-4)14(28-5)9-15(12)29(25,26)17(18(23)24)22-21-16-10(2)11(3)19-20-16/h6,8-9,24H,1,7H2,2-5H3,(H,19,20). The Morgan fingerprint density at radius 2 is 1.90 bits per heavy atom. The maximum absolute atomic E-state index is 13.2. The number of rotatable bonds is 6. The number of anilines is 1. The van der Waals surface area contributed by atoms with E-state index in [0.717, 1.165) is 11.3 Å². The first-order valence-electron chi connectivity index (χ1n) is 8.52. The number of aromatic amines is 1. The summed E-state index contributed by atoms with van der Waals surface area (Å²) in [7, 11) is -1.36. The summed E-state index contributed by atoms with van der Waals surface area (Å²) in [5.41, 5.74) is 1.71. The minimum Gasteiger partial charge on any atom is -0.493 e. The molecule has 10 nitrogen and oxygen atoms in total. The number of aryl methyl sites for hydroxylation is 1. The Balaban J connectivity index is 2.21. The molecule has 1 aromatic heterocycles. The molecule has 29 heavy (non-hydrogen) atoms. The van der Waals surface area contributed by atoms with Gasteiger partial charge in [0.2, 0.25) is 20.7 Å². The van der Waals surface area contributed by atoms with Gasteiger partial charge < -0.3 is 19.5 Å². The molecule has 2 heterocycles. The summed E-state index contributed by atoms with van der Waals surface area (Å²) >= 11 is 0. The predicted molar refractivity (Wildman–Crippen MR) is 107 cm³/mol. The fraction of sp³-hybridized carbons (Fsp3) is 0.278. The Labute approximate surface area is 168 Å². The molecule has 2 N–H and O–H groups in total. The Morgan fingerprint density at radius 1 is 1.24 bits per heavy atom. The van der Waals surface area contributed by atoms with E-state index in [-0.39, 0.29) is 28.7 Å². The molecule has 0 atom stereocenters. The average molecular weight is 419 g/mol. The number of ether oxygens (including phenoxy) is 2. The lowest BCUT2D eigenvalue weighted by molar-refractivity contribution is 0.352. The minimum absolute atomic E-state index is 0.0984. The molecular weight excluding hydrogens is 398 g/mol. The largest absolute Gasteiger partial charge is 0.493 e. The highest BCUT2D eigenvalue weighted by Crippen LogP contribution is 2.44. The molecule has 0 aliphatic carbocycles. The number of hydrogen-bond acceptors (Lipinski definition) is 9. The molecule has 0 fully saturated rings. The van der Waals surface area contributed by atoms with Crippen molar-refractivity contribution in [2.45, 2.75) is 18.7 Å². The van der Waals surface area contributed by atoms with Crippen molar-refractivity contribution in [1.29, 1.82) is 0 Å². The molecule has 0 saturated carbocycles. The molecule has 0 bridgehead atoms. The summed E-state index contributed by atoms with van der Waals surface area (Å²) in [6, 6.07) is 2.80. The van der Waals surface area contributed by atoms with Crippen LogP contribution in [0.4, 0.5) is 11.5 Å². The number of azo groups is 1. The second-order valence-corrected chi connectivity index (χ2v) is 8.04. The number of fused-ring (bicyclic) bond motifs is 1. The second-order valence-electron chi connectivity index (χ2n) is 6.20. The van der Waals surface area contributed by atoms with Gasteiger partial charge in [-0.25, -0.2) is 8.42 Å². The van der Waals surface area contributed by atoms with Crippen LogP contribution in [0.15, 0.2) is 50.8 Å². The quantitative estimate of drug-likeness (QED) is 0.543. The summed E-state index contributed by atoms with van der Waals surface area (Å²) in [6.07, 6.45) is 1.52. The van der Waals surface area contributed by atoms with Crippen LogP contribution in [0.1, 0.15) is 11.3 Å². The lowest BCUT2D eigenvalue weighted by Crippen LogP contribution is -2.31. The molecule has 2 aromatic rings. The van der Waals surface area contributed by atoms with Crippen molar-refractivity contribution in [3.8, 4) is 11.5 Å². The summed E-state index contributed by atoms with van der Waals surface area (Å²) < 4.78 is 36.9. The molecule has 154 valence electrons. The highest BCUT2D eigenvalue weighted by Gasteiger charge is 2.38. The van der Waals surface area contributed by atoms with Crippen LogP contribution in [0, 0.1) is 13.8 Å². The smallest absolute Gasteiger partial charge is 0.242 e. The van der Waals surface area contributed by atoms with Gasteiger partial charge in [-0.2, -0.15) is 5.10 Å². The van der Waals surface area contributed by atoms with E-state index in [9.17, 15) is 13.5 Å². The van der Waals surface area contributed by atoms with Gasteiger partial charge in [-0.05, 0) is 13.8 Å². The summed E-state index contributed by atoms with van der Waals surface area (Å²) in [5.74, 6) is 0.200. The number of hydrogen-bond donors (Lipinski definition) is 2. The van der Waals surface area contributed by atoms with Gasteiger partial charge in [0, 0.05) is 29.9 Å². The Bertz CT molecular complexity index is 1130. The van der Waals surface area contributed by atoms with Crippen LogP contribution < -0.4 is 14.4 Å². The lowest BCUT2D eigenvalue weighted by atomic mass is 10.2. The minimum atomic E-state index is -4.20. The van der Waals surface area contributed by atoms with Crippen LogP contribution in [0.2, 0.25) is 0 Å². The van der Waals surface area contributed by atoms with Crippen molar-refractivity contribution in [3.05, 3.63) is 47.0 Å². The van der Waals surface area contributed by atoms with Crippen molar-refractivity contribution < 1.29 is 23.0 Å². The molecule has 1 aromatic carbocycles. The maximum Gasteiger partial charge on any atom is 0.242 e. The second kappa shape index (κ2) is 7.59. The maximum atomic E-state index is 13.2. The SMILES string of the molecule is C=CCN1C(O)=C(N=Nc2n[nH]c(C)c2C)S(=O)(=O)c2cc(OC)c(OC)cc21. The molecule has 0 spiro atoms. The van der Waals surface area contributed by atoms with Gasteiger partial charge in [0.05, 0.1) is 19.9 Å². The van der Waals surface area contributed by atoms with Crippen LogP contribution in [0.3, 0.4) is 0 Å². The molecular formula is C18H21N5O5S. The molecule has 0 amide bonds. The topological polar surface area (TPSA) is 129 Å². The third kappa shape index (κ3) is 3.33. The van der Waals surface area contributed by atoms with Gasteiger partial charge >= 0.3 is 0 Å². The van der Waals surface area contributed by atoms with Gasteiger partial charge in [0.25, 0.3) is 0 Å². The zero-order valence-corrected chi connectivity index (χ0v) is 17.2. The molecule has 1 aliphatic heterocycles. The number of nitrogens with zero attached hydrogens (tertiary/aromatic N) is 4. The van der Waals surface area contributed by atoms with Crippen LogP contribution >= 0.6 is 0 Å². The molecule has 0 unspecified atom stereocenters. The first-order valence-corrected chi connectivity index (χ1v) is 10.0. The molecule has 11 heteroatoms. The third-order valence-corrected chi connectivity index (χ3v) is 6.20. The van der Waals surface area contributed by atoms with Crippen LogP contribution in [-0.2, 0) is 9.84 Å². The van der Waals surface area contributed by atoms with Crippen LogP contribution in [-0.4, -0.2) is 44.5 Å². The van der Waals surface area contributed by atoms with Crippen molar-refractivity contribution in [2.75, 3.05) is 25.7 Å². The fourth-order valence-corrected chi connectivity index (χ4v) is 4.22. The van der Waals surface area contributed by atoms with Crippen LogP contribution in [0.25, 0.3) is 0 Å². The van der Waals surface area contributed by atoms with Gasteiger partial charge in [-0.3, -0.25) is 5.10 Å². The van der Waals surface area contributed by atoms with Crippen molar-refractivity contribution in [1.82, 2.24) is 10.2 Å². The number of aliphatic hydroxyl groups excluding tert-OH is 1. The van der Waals surface area contributed by atoms with E-state index in [1.165, 1.54) is 37.3 Å². The Hall–Kier alpha value is -3.34. The number of benzene rings is 1. The zero-order valence-electron chi connectivity index (χ0n) is 16.4. The number of nitrogens with one attached hydrogen (secondary N) is 1. The summed E-state index contributed by atoms with van der Waals surface area (Å²) in [6.45, 7) is 7.36. The van der Waals surface area contributed by atoms with E-state index in [1.807, 2.05) is 0 Å². The van der Waals surface area contributed by atoms with E-state index >= 15 is 0 Å². The molecule has 3 rings (SSSR count). The van der Waals surface area contributed by atoms with Crippen molar-refractivity contribution in [3.63, 3.8) is 0 Å². The van der Waals surface area contributed by atoms with E-state index in [4.69, 9.17) is 9.47 Å². The first-order chi connectivity index (χ1) is 13.8. The average Bonchev–Trinajstić information content (AvgIpc) is 3.02. The highest BCUT2D eigenvalue weighted by molar-refractivity contribution is 7.95. The van der Waals surface area contributed by atoms with E-state index in [0.29, 0.717) is 5.75 Å². The zero-order chi connectivity index (χ0) is 21.3. The van der Waals surface area contributed by atoms with E-state index < -0.39 is 20.7 Å².